The number of aryl methyl sites for hydroxylation is 2. The zero-order valence-corrected chi connectivity index (χ0v) is 17.0. The van der Waals surface area contributed by atoms with Crippen LogP contribution in [0.15, 0.2) is 40.3 Å². The highest BCUT2D eigenvalue weighted by Crippen LogP contribution is 2.37. The third kappa shape index (κ3) is 3.44. The summed E-state index contributed by atoms with van der Waals surface area (Å²) in [6.45, 7) is 3.18. The number of hydrogen-bond acceptors (Lipinski definition) is 5. The normalized spacial score (nSPS) is 14.5. The quantitative estimate of drug-likeness (QED) is 0.634. The molecule has 7 nitrogen and oxygen atoms in total. The monoisotopic (exact) mass is 401 g/mol. The molecule has 3 aromatic rings. The highest BCUT2D eigenvalue weighted by atomic mass is 32.2. The molecular formula is C20H23N3O4S. The maximum absolute atomic E-state index is 12.6. The molecule has 0 radical (unpaired) electrons. The molecule has 8 heteroatoms. The van der Waals surface area contributed by atoms with E-state index in [0.717, 1.165) is 12.8 Å². The summed E-state index contributed by atoms with van der Waals surface area (Å²) >= 11 is 0. The topological polar surface area (TPSA) is 83.2 Å². The zero-order chi connectivity index (χ0) is 20.1. The van der Waals surface area contributed by atoms with Crippen molar-refractivity contribution in [1.29, 1.82) is 0 Å². The number of ether oxygens (including phenoxy) is 1. The minimum Gasteiger partial charge on any atom is -0.493 e. The van der Waals surface area contributed by atoms with Crippen LogP contribution in [0.25, 0.3) is 22.0 Å². The molecule has 148 valence electrons. The van der Waals surface area contributed by atoms with E-state index in [1.165, 1.54) is 10.8 Å². The summed E-state index contributed by atoms with van der Waals surface area (Å²) in [5, 5.41) is 5.05. The summed E-state index contributed by atoms with van der Waals surface area (Å²) in [6.07, 6.45) is 6.91. The zero-order valence-electron chi connectivity index (χ0n) is 16.2. The van der Waals surface area contributed by atoms with Crippen LogP contribution < -0.4 is 10.3 Å². The second-order valence-electron chi connectivity index (χ2n) is 7.39. The number of aromatic nitrogens is 3. The lowest BCUT2D eigenvalue weighted by Crippen LogP contribution is -2.16. The van der Waals surface area contributed by atoms with Crippen molar-refractivity contribution in [2.45, 2.75) is 31.2 Å². The van der Waals surface area contributed by atoms with Gasteiger partial charge in [0.25, 0.3) is 5.56 Å². The predicted molar refractivity (Wildman–Crippen MR) is 107 cm³/mol. The Balaban J connectivity index is 1.96. The van der Waals surface area contributed by atoms with Gasteiger partial charge < -0.3 is 9.30 Å². The Morgan fingerprint density at radius 1 is 1.21 bits per heavy atom. The van der Waals surface area contributed by atoms with Crippen LogP contribution in [-0.4, -0.2) is 35.6 Å². The smallest absolute Gasteiger partial charge is 0.261 e. The highest BCUT2D eigenvalue weighted by Gasteiger charge is 2.24. The third-order valence-corrected chi connectivity index (χ3v) is 6.17. The minimum atomic E-state index is -3.39. The molecule has 0 atom stereocenters. The minimum absolute atomic E-state index is 0.141. The first kappa shape index (κ1) is 18.7. The molecule has 4 rings (SSSR count). The average molecular weight is 401 g/mol. The Morgan fingerprint density at radius 3 is 2.61 bits per heavy atom. The largest absolute Gasteiger partial charge is 0.493 e. The lowest BCUT2D eigenvalue weighted by atomic mass is 10.0. The van der Waals surface area contributed by atoms with E-state index in [2.05, 4.69) is 5.10 Å². The first-order valence-corrected chi connectivity index (χ1v) is 11.2. The van der Waals surface area contributed by atoms with Crippen molar-refractivity contribution in [2.24, 2.45) is 13.0 Å². The van der Waals surface area contributed by atoms with Crippen LogP contribution in [0.3, 0.4) is 0 Å². The van der Waals surface area contributed by atoms with E-state index in [1.807, 2.05) is 6.92 Å². The van der Waals surface area contributed by atoms with Gasteiger partial charge in [-0.2, -0.15) is 5.10 Å². The van der Waals surface area contributed by atoms with Crippen LogP contribution in [-0.2, 0) is 23.4 Å². The van der Waals surface area contributed by atoms with Gasteiger partial charge >= 0.3 is 0 Å². The number of pyridine rings is 1. The number of rotatable bonds is 6. The van der Waals surface area contributed by atoms with Gasteiger partial charge in [0.1, 0.15) is 11.3 Å². The summed E-state index contributed by atoms with van der Waals surface area (Å²) in [5.41, 5.74) is 1.72. The van der Waals surface area contributed by atoms with Crippen molar-refractivity contribution >= 4 is 20.7 Å². The molecule has 1 aromatic carbocycles. The van der Waals surface area contributed by atoms with Crippen LogP contribution in [0.5, 0.6) is 5.75 Å². The standard InChI is InChI=1S/C20H23N3O4S/c1-4-23-11-17-19(21-23)16(10-22(2)20(17)24)15-9-14(28(3,25)26)7-8-18(15)27-12-13-5-6-13/h7-11,13H,4-6,12H2,1-3H3. The summed E-state index contributed by atoms with van der Waals surface area (Å²) in [4.78, 5) is 12.8. The lowest BCUT2D eigenvalue weighted by Gasteiger charge is -2.14. The fraction of sp³-hybridized carbons (Fsp3) is 0.400. The number of sulfone groups is 1. The molecule has 0 N–H and O–H groups in total. The molecule has 0 bridgehead atoms. The molecule has 1 fully saturated rings. The number of hydrogen-bond donors (Lipinski definition) is 0. The van der Waals surface area contributed by atoms with Crippen LogP contribution in [0.1, 0.15) is 19.8 Å². The van der Waals surface area contributed by atoms with Gasteiger partial charge in [0.2, 0.25) is 0 Å². The Bertz CT molecular complexity index is 1220. The van der Waals surface area contributed by atoms with E-state index in [0.29, 0.717) is 46.8 Å². The van der Waals surface area contributed by atoms with Crippen LogP contribution in [0.2, 0.25) is 0 Å². The molecule has 1 aliphatic carbocycles. The van der Waals surface area contributed by atoms with E-state index in [4.69, 9.17) is 4.74 Å². The molecule has 1 aliphatic rings. The van der Waals surface area contributed by atoms with Gasteiger partial charge in [-0.15, -0.1) is 0 Å². The number of benzene rings is 1. The Hall–Kier alpha value is -2.61. The predicted octanol–water partition coefficient (Wildman–Crippen LogP) is 2.61. The third-order valence-electron chi connectivity index (χ3n) is 5.06. The molecule has 0 spiro atoms. The summed E-state index contributed by atoms with van der Waals surface area (Å²) in [6, 6.07) is 4.87. The second-order valence-corrected chi connectivity index (χ2v) is 9.41. The van der Waals surface area contributed by atoms with Gasteiger partial charge in [-0.05, 0) is 43.9 Å². The summed E-state index contributed by atoms with van der Waals surface area (Å²) in [7, 11) is -1.71. The van der Waals surface area contributed by atoms with Crippen LogP contribution >= 0.6 is 0 Å². The lowest BCUT2D eigenvalue weighted by molar-refractivity contribution is 0.301. The molecule has 0 aliphatic heterocycles. The first-order valence-electron chi connectivity index (χ1n) is 9.32. The summed E-state index contributed by atoms with van der Waals surface area (Å²) in [5.74, 6) is 1.16. The molecular weight excluding hydrogens is 378 g/mol. The number of fused-ring (bicyclic) bond motifs is 1. The van der Waals surface area contributed by atoms with E-state index in [9.17, 15) is 13.2 Å². The molecule has 2 heterocycles. The van der Waals surface area contributed by atoms with Gasteiger partial charge in [0.05, 0.1) is 16.9 Å². The highest BCUT2D eigenvalue weighted by molar-refractivity contribution is 7.90. The van der Waals surface area contributed by atoms with Gasteiger partial charge in [-0.1, -0.05) is 0 Å². The SMILES string of the molecule is CCn1cc2c(=O)n(C)cc(-c3cc(S(C)(=O)=O)ccc3OCC3CC3)c2n1. The number of nitrogens with zero attached hydrogens (tertiary/aromatic N) is 3. The average Bonchev–Trinajstić information content (AvgIpc) is 3.38. The van der Waals surface area contributed by atoms with Gasteiger partial charge in [-0.25, -0.2) is 8.42 Å². The van der Waals surface area contributed by atoms with E-state index in [-0.39, 0.29) is 10.5 Å². The van der Waals surface area contributed by atoms with E-state index < -0.39 is 9.84 Å². The second kappa shape index (κ2) is 6.77. The first-order chi connectivity index (χ1) is 13.3. The van der Waals surface area contributed by atoms with E-state index in [1.54, 1.807) is 42.3 Å². The maximum Gasteiger partial charge on any atom is 0.261 e. The van der Waals surface area contributed by atoms with Crippen LogP contribution in [0, 0.1) is 5.92 Å². The van der Waals surface area contributed by atoms with Crippen molar-refractivity contribution in [3.05, 3.63) is 40.9 Å². The van der Waals surface area contributed by atoms with Crippen molar-refractivity contribution in [3.8, 4) is 16.9 Å². The van der Waals surface area contributed by atoms with Gasteiger partial charge in [0, 0.05) is 43.4 Å². The Labute approximate surface area is 163 Å². The fourth-order valence-electron chi connectivity index (χ4n) is 3.21. The van der Waals surface area contributed by atoms with Crippen molar-refractivity contribution in [2.75, 3.05) is 12.9 Å². The summed E-state index contributed by atoms with van der Waals surface area (Å²) < 4.78 is 33.5. The Kier molecular flexibility index (Phi) is 4.53. The molecule has 0 unspecified atom stereocenters. The van der Waals surface area contributed by atoms with Crippen molar-refractivity contribution in [3.63, 3.8) is 0 Å². The molecule has 2 aromatic heterocycles. The van der Waals surface area contributed by atoms with Crippen LogP contribution in [0.4, 0.5) is 0 Å². The molecule has 28 heavy (non-hydrogen) atoms. The molecule has 0 saturated heterocycles. The van der Waals surface area contributed by atoms with Gasteiger partial charge in [-0.3, -0.25) is 9.48 Å². The Morgan fingerprint density at radius 2 is 1.96 bits per heavy atom. The molecule has 1 saturated carbocycles. The van der Waals surface area contributed by atoms with Crippen molar-refractivity contribution in [1.82, 2.24) is 14.3 Å². The van der Waals surface area contributed by atoms with Gasteiger partial charge in [0.15, 0.2) is 9.84 Å². The molecule has 0 amide bonds. The van der Waals surface area contributed by atoms with E-state index >= 15 is 0 Å². The fourth-order valence-corrected chi connectivity index (χ4v) is 3.85. The maximum atomic E-state index is 12.6. The van der Waals surface area contributed by atoms with Crippen molar-refractivity contribution < 1.29 is 13.2 Å².